The molecule has 0 bridgehead atoms. The summed E-state index contributed by atoms with van der Waals surface area (Å²) in [6.45, 7) is 2.03. The number of rotatable bonds is 7. The number of primary amides is 1. The van der Waals surface area contributed by atoms with E-state index >= 15 is 0 Å². The van der Waals surface area contributed by atoms with Gasteiger partial charge in [0.05, 0.1) is 26.9 Å². The number of ether oxygens (including phenoxy) is 1. The van der Waals surface area contributed by atoms with Crippen LogP contribution in [0.15, 0.2) is 48.7 Å². The summed E-state index contributed by atoms with van der Waals surface area (Å²) in [5, 5.41) is 7.01. The molecule has 2 atom stereocenters. The number of hydrogen-bond acceptors (Lipinski definition) is 5. The van der Waals surface area contributed by atoms with Crippen LogP contribution in [-0.2, 0) is 12.7 Å². The van der Waals surface area contributed by atoms with Gasteiger partial charge in [-0.05, 0) is 55.8 Å². The molecule has 2 aromatic carbocycles. The van der Waals surface area contributed by atoms with Crippen LogP contribution in [0.5, 0.6) is 5.88 Å². The molecule has 0 saturated heterocycles. The van der Waals surface area contributed by atoms with Gasteiger partial charge in [-0.1, -0.05) is 6.07 Å². The lowest BCUT2D eigenvalue weighted by Gasteiger charge is -2.18. The monoisotopic (exact) mass is 531 g/mol. The third kappa shape index (κ3) is 5.01. The summed E-state index contributed by atoms with van der Waals surface area (Å²) in [6, 6.07) is 6.98. The average Bonchev–Trinajstić information content (AvgIpc) is 3.28. The van der Waals surface area contributed by atoms with E-state index in [0.717, 1.165) is 0 Å². The highest BCUT2D eigenvalue weighted by Gasteiger charge is 2.32. The number of methoxy groups -OCH3 is 1. The first-order valence-corrected chi connectivity index (χ1v) is 11.2. The van der Waals surface area contributed by atoms with Crippen LogP contribution in [0.25, 0.3) is 22.0 Å². The van der Waals surface area contributed by atoms with Gasteiger partial charge in [-0.2, -0.15) is 18.3 Å². The summed E-state index contributed by atoms with van der Waals surface area (Å²) in [4.78, 5) is 29.2. The maximum Gasteiger partial charge on any atom is 0.416 e. The topological polar surface area (TPSA) is 112 Å². The van der Waals surface area contributed by atoms with Gasteiger partial charge >= 0.3 is 6.18 Å². The van der Waals surface area contributed by atoms with E-state index in [0.29, 0.717) is 40.2 Å². The zero-order valence-electron chi connectivity index (χ0n) is 22.1. The lowest BCUT2D eigenvalue weighted by atomic mass is 10.0. The summed E-state index contributed by atoms with van der Waals surface area (Å²) in [5.41, 5.74) is 5.17. The van der Waals surface area contributed by atoms with Gasteiger partial charge in [-0.15, -0.1) is 0 Å². The molecule has 4 aromatic rings. The Morgan fingerprint density at radius 1 is 1.21 bits per heavy atom. The van der Waals surface area contributed by atoms with Gasteiger partial charge in [0.1, 0.15) is 11.4 Å². The second-order valence-corrected chi connectivity index (χ2v) is 8.30. The number of benzene rings is 2. The van der Waals surface area contributed by atoms with Crippen molar-refractivity contribution in [2.75, 3.05) is 7.09 Å². The molecule has 3 N–H and O–H groups in total. The van der Waals surface area contributed by atoms with Crippen LogP contribution in [0.1, 0.15) is 54.6 Å². The smallest absolute Gasteiger partial charge is 0.416 e. The fourth-order valence-electron chi connectivity index (χ4n) is 3.99. The van der Waals surface area contributed by atoms with Crippen LogP contribution < -0.4 is 15.8 Å². The van der Waals surface area contributed by atoms with Crippen molar-refractivity contribution >= 4 is 22.7 Å². The number of nitrogens with one attached hydrogen (secondary N) is 1. The summed E-state index contributed by atoms with van der Waals surface area (Å²) >= 11 is 0. The Balaban J connectivity index is 1.72. The lowest BCUT2D eigenvalue weighted by Crippen LogP contribution is -2.28. The number of fused-ring (bicyclic) bond motifs is 1. The zero-order chi connectivity index (χ0) is 29.4. The minimum absolute atomic E-state index is 0.00570. The summed E-state index contributed by atoms with van der Waals surface area (Å²) < 4.78 is 75.7. The molecule has 8 nitrogen and oxygen atoms in total. The first-order valence-electron chi connectivity index (χ1n) is 12.4. The standard InChI is InChI=1S/C26H23F4N5O3/c1-4-35-21-10-14(5-7-17(21)22(34-35)23(31)36)15-9-19(25(38-3)32-12-15)24(37)33-13(2)18-11-16(26(28,29)30)6-8-20(18)27/h5-13H,4H2,1-3H3,(H2,31,36)(H,33,37)/t13-/m0/s1/i3D,4D/t4?,13-. The molecule has 0 aliphatic heterocycles. The molecule has 1 unspecified atom stereocenters. The molecule has 0 saturated carbocycles. The Hall–Kier alpha value is -4.48. The van der Waals surface area contributed by atoms with Gasteiger partial charge in [-0.25, -0.2) is 9.37 Å². The molecule has 0 aliphatic carbocycles. The molecule has 0 fully saturated rings. The van der Waals surface area contributed by atoms with Crippen LogP contribution in [0, 0.1) is 5.82 Å². The highest BCUT2D eigenvalue weighted by Crippen LogP contribution is 2.33. The van der Waals surface area contributed by atoms with Gasteiger partial charge in [0.2, 0.25) is 5.88 Å². The summed E-state index contributed by atoms with van der Waals surface area (Å²) in [5.74, 6) is -2.74. The number of amides is 2. The van der Waals surface area contributed by atoms with E-state index < -0.39 is 49.0 Å². The number of pyridine rings is 1. The normalized spacial score (nSPS) is 13.9. The Morgan fingerprint density at radius 2 is 1.97 bits per heavy atom. The highest BCUT2D eigenvalue weighted by atomic mass is 19.4. The minimum atomic E-state index is -4.70. The van der Waals surface area contributed by atoms with Crippen molar-refractivity contribution in [3.63, 3.8) is 0 Å². The third-order valence-electron chi connectivity index (χ3n) is 5.89. The van der Waals surface area contributed by atoms with E-state index in [1.54, 1.807) is 25.1 Å². The van der Waals surface area contributed by atoms with Crippen molar-refractivity contribution in [2.45, 2.75) is 32.6 Å². The molecule has 198 valence electrons. The fraction of sp³-hybridized carbons (Fsp3) is 0.231. The largest absolute Gasteiger partial charge is 0.480 e. The van der Waals surface area contributed by atoms with Gasteiger partial charge in [-0.3, -0.25) is 14.3 Å². The molecule has 0 radical (unpaired) electrons. The second-order valence-electron chi connectivity index (χ2n) is 8.30. The van der Waals surface area contributed by atoms with Crippen LogP contribution in [-0.4, -0.2) is 33.7 Å². The number of alkyl halides is 3. The number of carbonyl (C=O) groups is 2. The van der Waals surface area contributed by atoms with Crippen LogP contribution in [0.3, 0.4) is 0 Å². The number of nitrogens with zero attached hydrogens (tertiary/aromatic N) is 3. The maximum absolute atomic E-state index is 14.4. The van der Waals surface area contributed by atoms with Crippen molar-refractivity contribution in [3.8, 4) is 17.0 Å². The zero-order valence-corrected chi connectivity index (χ0v) is 20.1. The Labute approximate surface area is 217 Å². The molecular weight excluding hydrogens is 506 g/mol. The fourth-order valence-corrected chi connectivity index (χ4v) is 3.99. The molecule has 12 heteroatoms. The number of halogens is 4. The first-order chi connectivity index (χ1) is 18.8. The Bertz CT molecular complexity index is 1610. The number of nitrogens with two attached hydrogens (primary N) is 1. The maximum atomic E-state index is 14.4. The number of aromatic nitrogens is 3. The van der Waals surface area contributed by atoms with E-state index in [-0.39, 0.29) is 22.7 Å². The number of aryl methyl sites for hydroxylation is 1. The first kappa shape index (κ1) is 23.9. The van der Waals surface area contributed by atoms with Crippen molar-refractivity contribution in [2.24, 2.45) is 5.73 Å². The Morgan fingerprint density at radius 3 is 2.63 bits per heavy atom. The molecular formula is C26H23F4N5O3. The number of hydrogen-bond donors (Lipinski definition) is 2. The molecule has 38 heavy (non-hydrogen) atoms. The van der Waals surface area contributed by atoms with E-state index in [1.165, 1.54) is 23.9 Å². The molecule has 2 heterocycles. The predicted octanol–water partition coefficient (Wildman–Crippen LogP) is 4.87. The summed E-state index contributed by atoms with van der Waals surface area (Å²) in [7, 11) is -0.577. The highest BCUT2D eigenvalue weighted by molar-refractivity contribution is 6.05. The van der Waals surface area contributed by atoms with Crippen LogP contribution >= 0.6 is 0 Å². The van der Waals surface area contributed by atoms with Gasteiger partial charge in [0, 0.05) is 29.2 Å². The van der Waals surface area contributed by atoms with Gasteiger partial charge in [0.15, 0.2) is 5.69 Å². The molecule has 2 aromatic heterocycles. The minimum Gasteiger partial charge on any atom is -0.480 e. The third-order valence-corrected chi connectivity index (χ3v) is 5.89. The molecule has 0 aliphatic rings. The second kappa shape index (κ2) is 10.1. The SMILES string of the molecule is [2H]COc1ncc(-c2ccc3c(C(N)=O)nn(C([2H])C)c3c2)cc1C(=O)N[C@@H](C)c1cc(C(F)(F)F)ccc1F. The van der Waals surface area contributed by atoms with E-state index in [1.807, 2.05) is 0 Å². The molecule has 2 amide bonds. The molecule has 0 spiro atoms. The van der Waals surface area contributed by atoms with E-state index in [2.05, 4.69) is 15.4 Å². The number of carbonyl (C=O) groups excluding carboxylic acids is 2. The van der Waals surface area contributed by atoms with Gasteiger partial charge < -0.3 is 15.8 Å². The van der Waals surface area contributed by atoms with Crippen molar-refractivity contribution in [1.82, 2.24) is 20.1 Å². The van der Waals surface area contributed by atoms with Crippen LogP contribution in [0.2, 0.25) is 0 Å². The summed E-state index contributed by atoms with van der Waals surface area (Å²) in [6.07, 6.45) is -3.33. The average molecular weight is 532 g/mol. The van der Waals surface area contributed by atoms with E-state index in [9.17, 15) is 27.2 Å². The van der Waals surface area contributed by atoms with E-state index in [4.69, 9.17) is 13.2 Å². The van der Waals surface area contributed by atoms with Crippen LogP contribution in [0.4, 0.5) is 17.6 Å². The van der Waals surface area contributed by atoms with Crippen molar-refractivity contribution in [1.29, 1.82) is 0 Å². The van der Waals surface area contributed by atoms with Gasteiger partial charge in [0.25, 0.3) is 11.8 Å². The molecule has 4 rings (SSSR count). The quantitative estimate of drug-likeness (QED) is 0.331. The predicted molar refractivity (Wildman–Crippen MR) is 131 cm³/mol. The van der Waals surface area contributed by atoms with Crippen molar-refractivity contribution < 1.29 is 34.6 Å². The Kier molecular flexibility index (Phi) is 6.36. The lowest BCUT2D eigenvalue weighted by molar-refractivity contribution is -0.137. The van der Waals surface area contributed by atoms with Crippen molar-refractivity contribution in [3.05, 3.63) is 76.9 Å².